The van der Waals surface area contributed by atoms with Gasteiger partial charge in [0.25, 0.3) is 5.91 Å². The van der Waals surface area contributed by atoms with Crippen molar-refractivity contribution in [2.75, 3.05) is 0 Å². The van der Waals surface area contributed by atoms with E-state index in [0.29, 0.717) is 12.1 Å². The first-order valence-electron chi connectivity index (χ1n) is 6.48. The van der Waals surface area contributed by atoms with E-state index in [1.54, 1.807) is 0 Å². The summed E-state index contributed by atoms with van der Waals surface area (Å²) in [5.74, 6) is 1.03. The van der Waals surface area contributed by atoms with Crippen LogP contribution in [-0.2, 0) is 0 Å². The quantitative estimate of drug-likeness (QED) is 0.725. The van der Waals surface area contributed by atoms with E-state index in [4.69, 9.17) is 0 Å². The molecule has 0 spiro atoms. The molecule has 3 atom stereocenters. The van der Waals surface area contributed by atoms with Gasteiger partial charge < -0.3 is 4.90 Å². The number of hydrogen-bond donors (Lipinski definition) is 0. The van der Waals surface area contributed by atoms with Crippen LogP contribution in [0.5, 0.6) is 0 Å². The maximum absolute atomic E-state index is 12.6. The number of carbonyl (C=O) groups is 1. The summed E-state index contributed by atoms with van der Waals surface area (Å²) in [6.07, 6.45) is 2.42. The first-order valence-corrected chi connectivity index (χ1v) is 6.48. The third-order valence-corrected chi connectivity index (χ3v) is 4.21. The predicted molar refractivity (Wildman–Crippen MR) is 68.1 cm³/mol. The molecule has 0 bridgehead atoms. The molecule has 3 rings (SSSR count). The number of likely N-dealkylation sites (tertiary alicyclic amines) is 1. The second-order valence-electron chi connectivity index (χ2n) is 5.68. The summed E-state index contributed by atoms with van der Waals surface area (Å²) in [6.45, 7) is 6.27. The smallest absolute Gasteiger partial charge is 0.254 e. The second kappa shape index (κ2) is 3.59. The van der Waals surface area contributed by atoms with E-state index in [9.17, 15) is 4.79 Å². The average Bonchev–Trinajstić information content (AvgIpc) is 2.90. The van der Waals surface area contributed by atoms with Crippen molar-refractivity contribution < 1.29 is 4.79 Å². The summed E-state index contributed by atoms with van der Waals surface area (Å²) in [5.41, 5.74) is 3.21. The number of amides is 1. The van der Waals surface area contributed by atoms with E-state index < -0.39 is 0 Å². The Morgan fingerprint density at radius 3 is 2.65 bits per heavy atom. The zero-order valence-corrected chi connectivity index (χ0v) is 10.7. The Hall–Kier alpha value is -1.31. The maximum Gasteiger partial charge on any atom is 0.254 e. The van der Waals surface area contributed by atoms with Gasteiger partial charge in [-0.1, -0.05) is 17.7 Å². The van der Waals surface area contributed by atoms with Crippen molar-refractivity contribution in [2.24, 2.45) is 5.92 Å². The van der Waals surface area contributed by atoms with Crippen LogP contribution in [0.25, 0.3) is 0 Å². The van der Waals surface area contributed by atoms with Crippen LogP contribution in [0.1, 0.15) is 41.3 Å². The van der Waals surface area contributed by atoms with Crippen molar-refractivity contribution in [3.63, 3.8) is 0 Å². The molecule has 2 aliphatic rings. The fraction of sp³-hybridized carbons (Fsp3) is 0.533. The number of aryl methyl sites for hydroxylation is 2. The summed E-state index contributed by atoms with van der Waals surface area (Å²) in [6, 6.07) is 7.07. The monoisotopic (exact) mass is 229 g/mol. The number of rotatable bonds is 1. The Morgan fingerprint density at radius 1 is 1.29 bits per heavy atom. The van der Waals surface area contributed by atoms with Gasteiger partial charge in [0, 0.05) is 17.6 Å². The standard InChI is InChI=1S/C15H19NO/c1-9-4-5-13(10(2)6-9)15(17)16-11(3)7-12-8-14(12)16/h4-6,11-12,14H,7-8H2,1-3H3/t11-,12-,14+/m1/s1. The first kappa shape index (κ1) is 10.8. The third-order valence-electron chi connectivity index (χ3n) is 4.21. The molecule has 1 heterocycles. The van der Waals surface area contributed by atoms with Crippen LogP contribution in [-0.4, -0.2) is 22.9 Å². The molecule has 1 aliphatic heterocycles. The van der Waals surface area contributed by atoms with Crippen molar-refractivity contribution >= 4 is 5.91 Å². The lowest BCUT2D eigenvalue weighted by Crippen LogP contribution is -2.37. The van der Waals surface area contributed by atoms with Crippen LogP contribution < -0.4 is 0 Å². The summed E-state index contributed by atoms with van der Waals surface area (Å²) < 4.78 is 0. The minimum absolute atomic E-state index is 0.236. The Bertz CT molecular complexity index is 478. The summed E-state index contributed by atoms with van der Waals surface area (Å²) in [5, 5.41) is 0. The summed E-state index contributed by atoms with van der Waals surface area (Å²) >= 11 is 0. The number of nitrogens with zero attached hydrogens (tertiary/aromatic N) is 1. The van der Waals surface area contributed by atoms with E-state index in [-0.39, 0.29) is 5.91 Å². The van der Waals surface area contributed by atoms with Gasteiger partial charge in [-0.25, -0.2) is 0 Å². The molecule has 1 saturated carbocycles. The molecule has 0 aromatic heterocycles. The lowest BCUT2D eigenvalue weighted by molar-refractivity contribution is 0.0713. The van der Waals surface area contributed by atoms with Crippen LogP contribution in [0.3, 0.4) is 0 Å². The fourth-order valence-corrected chi connectivity index (χ4v) is 3.25. The minimum atomic E-state index is 0.236. The number of carbonyl (C=O) groups excluding carboxylic acids is 1. The fourth-order valence-electron chi connectivity index (χ4n) is 3.25. The predicted octanol–water partition coefficient (Wildman–Crippen LogP) is 2.93. The number of fused-ring (bicyclic) bond motifs is 1. The molecule has 1 amide bonds. The summed E-state index contributed by atoms with van der Waals surface area (Å²) in [7, 11) is 0. The van der Waals surface area contributed by atoms with E-state index in [2.05, 4.69) is 24.8 Å². The highest BCUT2D eigenvalue weighted by Gasteiger charge is 2.52. The van der Waals surface area contributed by atoms with Gasteiger partial charge in [-0.15, -0.1) is 0 Å². The molecule has 0 N–H and O–H groups in total. The molecular weight excluding hydrogens is 210 g/mol. The molecule has 2 nitrogen and oxygen atoms in total. The Labute approximate surface area is 103 Å². The molecule has 17 heavy (non-hydrogen) atoms. The van der Waals surface area contributed by atoms with Gasteiger partial charge in [-0.3, -0.25) is 4.79 Å². The SMILES string of the molecule is Cc1ccc(C(=O)N2[C@H](C)C[C@@H]3C[C@@H]32)c(C)c1. The highest BCUT2D eigenvalue weighted by atomic mass is 16.2. The first-order chi connectivity index (χ1) is 8.08. The van der Waals surface area contributed by atoms with Crippen molar-refractivity contribution in [2.45, 2.75) is 45.7 Å². The van der Waals surface area contributed by atoms with Gasteiger partial charge in [-0.05, 0) is 51.2 Å². The molecule has 1 aromatic rings. The van der Waals surface area contributed by atoms with Crippen LogP contribution in [0.2, 0.25) is 0 Å². The zero-order chi connectivity index (χ0) is 12.2. The summed E-state index contributed by atoms with van der Waals surface area (Å²) in [4.78, 5) is 14.7. The Morgan fingerprint density at radius 2 is 2.06 bits per heavy atom. The molecular formula is C15H19NO. The van der Waals surface area contributed by atoms with E-state index >= 15 is 0 Å². The number of benzene rings is 1. The minimum Gasteiger partial charge on any atom is -0.333 e. The lowest BCUT2D eigenvalue weighted by atomic mass is 10.0. The van der Waals surface area contributed by atoms with Gasteiger partial charge in [0.15, 0.2) is 0 Å². The van der Waals surface area contributed by atoms with Gasteiger partial charge in [0.2, 0.25) is 0 Å². The molecule has 1 saturated heterocycles. The van der Waals surface area contributed by atoms with Crippen LogP contribution >= 0.6 is 0 Å². The molecule has 90 valence electrons. The normalized spacial score (nSPS) is 30.3. The molecule has 1 aliphatic carbocycles. The van der Waals surface area contributed by atoms with Crippen LogP contribution in [0.15, 0.2) is 18.2 Å². The molecule has 2 heteroatoms. The third kappa shape index (κ3) is 1.67. The van der Waals surface area contributed by atoms with Gasteiger partial charge in [0.05, 0.1) is 0 Å². The van der Waals surface area contributed by atoms with Crippen molar-refractivity contribution in [1.29, 1.82) is 0 Å². The zero-order valence-electron chi connectivity index (χ0n) is 10.7. The Kier molecular flexibility index (Phi) is 2.29. The molecule has 2 fully saturated rings. The highest BCUT2D eigenvalue weighted by molar-refractivity contribution is 5.96. The largest absolute Gasteiger partial charge is 0.333 e. The maximum atomic E-state index is 12.6. The molecule has 0 unspecified atom stereocenters. The Balaban J connectivity index is 1.91. The average molecular weight is 229 g/mol. The van der Waals surface area contributed by atoms with Gasteiger partial charge in [0.1, 0.15) is 0 Å². The lowest BCUT2D eigenvalue weighted by Gasteiger charge is -2.25. The van der Waals surface area contributed by atoms with Crippen LogP contribution in [0.4, 0.5) is 0 Å². The number of piperidine rings is 1. The van der Waals surface area contributed by atoms with Crippen molar-refractivity contribution in [3.8, 4) is 0 Å². The molecule has 0 radical (unpaired) electrons. The topological polar surface area (TPSA) is 20.3 Å². The van der Waals surface area contributed by atoms with E-state index in [1.807, 2.05) is 19.1 Å². The van der Waals surface area contributed by atoms with E-state index in [0.717, 1.165) is 17.0 Å². The van der Waals surface area contributed by atoms with Crippen molar-refractivity contribution in [1.82, 2.24) is 4.90 Å². The number of hydrogen-bond acceptors (Lipinski definition) is 1. The van der Waals surface area contributed by atoms with Crippen molar-refractivity contribution in [3.05, 3.63) is 34.9 Å². The highest BCUT2D eigenvalue weighted by Crippen LogP contribution is 2.48. The van der Waals surface area contributed by atoms with Gasteiger partial charge >= 0.3 is 0 Å². The molecule has 1 aromatic carbocycles. The van der Waals surface area contributed by atoms with Gasteiger partial charge in [-0.2, -0.15) is 0 Å². The second-order valence-corrected chi connectivity index (χ2v) is 5.68. The van der Waals surface area contributed by atoms with Crippen LogP contribution in [0, 0.1) is 19.8 Å². The van der Waals surface area contributed by atoms with E-state index in [1.165, 1.54) is 18.4 Å².